The van der Waals surface area contributed by atoms with Crippen molar-refractivity contribution in [3.05, 3.63) is 52.2 Å². The fraction of sp³-hybridized carbons (Fsp3) is 0.250. The molecule has 9 nitrogen and oxygen atoms in total. The summed E-state index contributed by atoms with van der Waals surface area (Å²) in [6, 6.07) is 0. The number of carbonyl (C=O) groups excluding carboxylic acids is 3. The van der Waals surface area contributed by atoms with Crippen LogP contribution >= 0.6 is 0 Å². The van der Waals surface area contributed by atoms with Gasteiger partial charge in [-0.05, 0) is 20.8 Å². The largest absolute Gasteiger partial charge is 0.350 e. The van der Waals surface area contributed by atoms with E-state index < -0.39 is 54.1 Å². The summed E-state index contributed by atoms with van der Waals surface area (Å²) in [7, 11) is 0. The molecule has 0 aliphatic heterocycles. The average Bonchev–Trinajstić information content (AvgIpc) is 2.46. The number of nitrogens with zero attached hydrogens (tertiary/aromatic N) is 3. The van der Waals surface area contributed by atoms with Crippen LogP contribution in [0.5, 0.6) is 0 Å². The van der Waals surface area contributed by atoms with E-state index in [1.807, 2.05) is 0 Å². The molecule has 0 bridgehead atoms. The van der Waals surface area contributed by atoms with Gasteiger partial charge in [0.2, 0.25) is 17.7 Å². The molecule has 1 heterocycles. The van der Waals surface area contributed by atoms with Crippen LogP contribution in [0, 0.1) is 20.8 Å². The first-order valence-electron chi connectivity index (χ1n) is 5.80. The SMILES string of the molecule is [CH2]CC(=O)n1c(=O)n(C(=O)C[CH2])c(=O)n(C(=O)C[CH2])c1=O. The molecule has 0 N–H and O–H groups in total. The summed E-state index contributed by atoms with van der Waals surface area (Å²) >= 11 is 0. The van der Waals surface area contributed by atoms with Crippen molar-refractivity contribution in [2.45, 2.75) is 19.3 Å². The lowest BCUT2D eigenvalue weighted by atomic mass is 10.4. The lowest BCUT2D eigenvalue weighted by Gasteiger charge is -2.09. The first-order valence-corrected chi connectivity index (χ1v) is 5.80. The van der Waals surface area contributed by atoms with E-state index in [2.05, 4.69) is 20.8 Å². The maximum Gasteiger partial charge on any atom is 0.350 e. The van der Waals surface area contributed by atoms with Crippen molar-refractivity contribution in [2.24, 2.45) is 0 Å². The second kappa shape index (κ2) is 6.25. The predicted octanol–water partition coefficient (Wildman–Crippen LogP) is -1.24. The molecule has 0 atom stereocenters. The van der Waals surface area contributed by atoms with Gasteiger partial charge in [0.15, 0.2) is 0 Å². The van der Waals surface area contributed by atoms with Gasteiger partial charge in [0.1, 0.15) is 0 Å². The smallest absolute Gasteiger partial charge is 0.274 e. The highest BCUT2D eigenvalue weighted by Gasteiger charge is 2.24. The lowest BCUT2D eigenvalue weighted by molar-refractivity contribution is 0.0851. The minimum Gasteiger partial charge on any atom is -0.274 e. The van der Waals surface area contributed by atoms with Crippen LogP contribution < -0.4 is 17.1 Å². The van der Waals surface area contributed by atoms with Gasteiger partial charge in [0, 0.05) is 19.3 Å². The number of carbonyl (C=O) groups is 3. The molecule has 0 aromatic carbocycles. The average molecular weight is 294 g/mol. The molecular weight excluding hydrogens is 282 g/mol. The van der Waals surface area contributed by atoms with E-state index in [-0.39, 0.29) is 13.7 Å². The Kier molecular flexibility index (Phi) is 4.90. The standard InChI is InChI=1S/C12H12N3O6/c1-4-7(16)13-10(19)14(8(17)5-2)12(21)15(11(13)20)9(18)6-3/h1-6H2. The quantitative estimate of drug-likeness (QED) is 0.688. The van der Waals surface area contributed by atoms with Crippen LogP contribution in [0.4, 0.5) is 0 Å². The number of rotatable bonds is 3. The summed E-state index contributed by atoms with van der Waals surface area (Å²) in [6.45, 7) is 9.65. The van der Waals surface area contributed by atoms with E-state index in [9.17, 15) is 28.8 Å². The Bertz CT molecular complexity index is 645. The molecule has 3 radical (unpaired) electrons. The Balaban J connectivity index is 4.03. The molecule has 1 aromatic heterocycles. The van der Waals surface area contributed by atoms with Crippen LogP contribution in [-0.2, 0) is 0 Å². The highest BCUT2D eigenvalue weighted by molar-refractivity contribution is 5.84. The summed E-state index contributed by atoms with van der Waals surface area (Å²) in [5, 5.41) is 0. The van der Waals surface area contributed by atoms with Gasteiger partial charge in [0.25, 0.3) is 0 Å². The van der Waals surface area contributed by atoms with E-state index in [1.54, 1.807) is 0 Å². The van der Waals surface area contributed by atoms with Gasteiger partial charge in [-0.3, -0.25) is 14.4 Å². The Morgan fingerprint density at radius 3 is 0.952 bits per heavy atom. The van der Waals surface area contributed by atoms with Gasteiger partial charge in [-0.2, -0.15) is 13.7 Å². The predicted molar refractivity (Wildman–Crippen MR) is 71.0 cm³/mol. The molecule has 0 fully saturated rings. The minimum absolute atomic E-state index is 0.0233. The van der Waals surface area contributed by atoms with Gasteiger partial charge >= 0.3 is 17.1 Å². The Morgan fingerprint density at radius 1 is 0.619 bits per heavy atom. The van der Waals surface area contributed by atoms with Crippen LogP contribution in [0.1, 0.15) is 33.6 Å². The fourth-order valence-electron chi connectivity index (χ4n) is 1.52. The maximum absolute atomic E-state index is 12.0. The zero-order valence-corrected chi connectivity index (χ0v) is 11.0. The Hall–Kier alpha value is -2.58. The zero-order valence-electron chi connectivity index (χ0n) is 11.0. The Morgan fingerprint density at radius 2 is 0.810 bits per heavy atom. The van der Waals surface area contributed by atoms with Gasteiger partial charge in [-0.1, -0.05) is 0 Å². The number of hydrogen-bond donors (Lipinski definition) is 0. The minimum atomic E-state index is -1.44. The molecule has 0 unspecified atom stereocenters. The van der Waals surface area contributed by atoms with Crippen molar-refractivity contribution in [2.75, 3.05) is 0 Å². The van der Waals surface area contributed by atoms with E-state index in [1.165, 1.54) is 0 Å². The fourth-order valence-corrected chi connectivity index (χ4v) is 1.52. The Labute approximate surface area is 118 Å². The second-order valence-electron chi connectivity index (χ2n) is 3.79. The molecule has 0 spiro atoms. The zero-order chi connectivity index (χ0) is 16.3. The number of hydrogen-bond acceptors (Lipinski definition) is 6. The monoisotopic (exact) mass is 294 g/mol. The molecule has 0 saturated heterocycles. The van der Waals surface area contributed by atoms with Crippen molar-refractivity contribution < 1.29 is 14.4 Å². The van der Waals surface area contributed by atoms with Gasteiger partial charge < -0.3 is 0 Å². The lowest BCUT2D eigenvalue weighted by Crippen LogP contribution is -2.59. The van der Waals surface area contributed by atoms with Crippen LogP contribution in [0.15, 0.2) is 14.4 Å². The molecule has 1 rings (SSSR count). The maximum atomic E-state index is 12.0. The number of aromatic nitrogens is 3. The summed E-state index contributed by atoms with van der Waals surface area (Å²) in [5.74, 6) is -3.16. The molecule has 111 valence electrons. The molecule has 0 aliphatic rings. The van der Waals surface area contributed by atoms with Crippen molar-refractivity contribution >= 4 is 17.7 Å². The van der Waals surface area contributed by atoms with Crippen molar-refractivity contribution in [1.82, 2.24) is 13.7 Å². The topological polar surface area (TPSA) is 117 Å². The molecular formula is C12H12N3O6. The first kappa shape index (κ1) is 16.5. The summed E-state index contributed by atoms with van der Waals surface area (Å²) in [5.41, 5.74) is -4.33. The normalized spacial score (nSPS) is 10.4. The van der Waals surface area contributed by atoms with Crippen molar-refractivity contribution in [1.29, 1.82) is 0 Å². The molecule has 0 aliphatic carbocycles. The molecule has 21 heavy (non-hydrogen) atoms. The van der Waals surface area contributed by atoms with Gasteiger partial charge in [0.05, 0.1) is 0 Å². The summed E-state index contributed by atoms with van der Waals surface area (Å²) in [4.78, 5) is 70.7. The van der Waals surface area contributed by atoms with E-state index in [0.29, 0.717) is 0 Å². The highest BCUT2D eigenvalue weighted by Crippen LogP contribution is 1.86. The van der Waals surface area contributed by atoms with Gasteiger partial charge in [-0.15, -0.1) is 0 Å². The van der Waals surface area contributed by atoms with E-state index in [4.69, 9.17) is 0 Å². The van der Waals surface area contributed by atoms with E-state index in [0.717, 1.165) is 0 Å². The second-order valence-corrected chi connectivity index (χ2v) is 3.79. The van der Waals surface area contributed by atoms with Crippen LogP contribution in [0.25, 0.3) is 0 Å². The van der Waals surface area contributed by atoms with Crippen LogP contribution in [0.2, 0.25) is 0 Å². The molecule has 0 amide bonds. The van der Waals surface area contributed by atoms with Crippen LogP contribution in [-0.4, -0.2) is 31.4 Å². The third-order valence-electron chi connectivity index (χ3n) is 2.54. The third-order valence-corrected chi connectivity index (χ3v) is 2.54. The highest BCUT2D eigenvalue weighted by atomic mass is 16.2. The van der Waals surface area contributed by atoms with Crippen molar-refractivity contribution in [3.8, 4) is 0 Å². The first-order chi connectivity index (χ1) is 9.81. The summed E-state index contributed by atoms with van der Waals surface area (Å²) in [6.07, 6.45) is -1.44. The third kappa shape index (κ3) is 2.67. The van der Waals surface area contributed by atoms with Crippen molar-refractivity contribution in [3.63, 3.8) is 0 Å². The molecule has 1 aromatic rings. The molecule has 9 heteroatoms. The van der Waals surface area contributed by atoms with E-state index >= 15 is 0 Å². The molecule has 0 saturated carbocycles. The van der Waals surface area contributed by atoms with Gasteiger partial charge in [-0.25, -0.2) is 14.4 Å². The van der Waals surface area contributed by atoms with Crippen LogP contribution in [0.3, 0.4) is 0 Å². The summed E-state index contributed by atoms with van der Waals surface area (Å²) < 4.78 is 0.0700.